The van der Waals surface area contributed by atoms with Crippen LogP contribution in [0.25, 0.3) is 0 Å². The SMILES string of the molecule is COC(=O)CCCN(C)CCC(N)=O. The van der Waals surface area contributed by atoms with E-state index in [-0.39, 0.29) is 11.9 Å². The molecule has 0 spiro atoms. The molecule has 0 radical (unpaired) electrons. The van der Waals surface area contributed by atoms with Crippen molar-refractivity contribution in [1.82, 2.24) is 4.90 Å². The number of methoxy groups -OCH3 is 1. The molecule has 0 saturated carbocycles. The van der Waals surface area contributed by atoms with E-state index in [0.29, 0.717) is 19.4 Å². The Morgan fingerprint density at radius 2 is 1.93 bits per heavy atom. The first kappa shape index (κ1) is 12.9. The van der Waals surface area contributed by atoms with E-state index in [9.17, 15) is 9.59 Å². The lowest BCUT2D eigenvalue weighted by Gasteiger charge is -2.14. The Bertz CT molecular complexity index is 194. The molecule has 0 aromatic rings. The molecule has 0 unspecified atom stereocenters. The summed E-state index contributed by atoms with van der Waals surface area (Å²) in [6, 6.07) is 0. The fraction of sp³-hybridized carbons (Fsp3) is 0.778. The van der Waals surface area contributed by atoms with Gasteiger partial charge >= 0.3 is 5.97 Å². The second-order valence-electron chi connectivity index (χ2n) is 3.20. The number of hydrogen-bond donors (Lipinski definition) is 1. The minimum Gasteiger partial charge on any atom is -0.469 e. The van der Waals surface area contributed by atoms with Gasteiger partial charge in [0.2, 0.25) is 5.91 Å². The number of rotatable bonds is 7. The lowest BCUT2D eigenvalue weighted by atomic mass is 10.3. The third-order valence-electron chi connectivity index (χ3n) is 1.89. The Labute approximate surface area is 84.2 Å². The first-order valence-corrected chi connectivity index (χ1v) is 4.60. The Balaban J connectivity index is 3.39. The largest absolute Gasteiger partial charge is 0.469 e. The summed E-state index contributed by atoms with van der Waals surface area (Å²) < 4.78 is 4.50. The van der Waals surface area contributed by atoms with E-state index in [1.165, 1.54) is 7.11 Å². The van der Waals surface area contributed by atoms with Crippen LogP contribution in [0.4, 0.5) is 0 Å². The number of esters is 1. The van der Waals surface area contributed by atoms with Gasteiger partial charge < -0.3 is 15.4 Å². The fourth-order valence-corrected chi connectivity index (χ4v) is 1.01. The van der Waals surface area contributed by atoms with Crippen LogP contribution < -0.4 is 5.73 Å². The lowest BCUT2D eigenvalue weighted by Crippen LogP contribution is -2.25. The van der Waals surface area contributed by atoms with Gasteiger partial charge in [0.25, 0.3) is 0 Å². The van der Waals surface area contributed by atoms with Crippen molar-refractivity contribution in [1.29, 1.82) is 0 Å². The molecule has 5 heteroatoms. The molecule has 0 bridgehead atoms. The van der Waals surface area contributed by atoms with Crippen molar-refractivity contribution in [2.24, 2.45) is 5.73 Å². The number of hydrogen-bond acceptors (Lipinski definition) is 4. The van der Waals surface area contributed by atoms with Crippen molar-refractivity contribution < 1.29 is 14.3 Å². The zero-order valence-electron chi connectivity index (χ0n) is 8.78. The van der Waals surface area contributed by atoms with Gasteiger partial charge in [-0.3, -0.25) is 9.59 Å². The number of carbonyl (C=O) groups is 2. The zero-order valence-corrected chi connectivity index (χ0v) is 8.78. The molecule has 0 aromatic heterocycles. The van der Waals surface area contributed by atoms with Gasteiger partial charge in [0.15, 0.2) is 0 Å². The summed E-state index contributed by atoms with van der Waals surface area (Å²) >= 11 is 0. The highest BCUT2D eigenvalue weighted by atomic mass is 16.5. The van der Waals surface area contributed by atoms with Crippen LogP contribution in [0.1, 0.15) is 19.3 Å². The van der Waals surface area contributed by atoms with E-state index in [1.807, 2.05) is 11.9 Å². The highest BCUT2D eigenvalue weighted by Crippen LogP contribution is 1.95. The maximum atomic E-state index is 10.7. The first-order valence-electron chi connectivity index (χ1n) is 4.60. The van der Waals surface area contributed by atoms with E-state index in [4.69, 9.17) is 5.73 Å². The van der Waals surface area contributed by atoms with Crippen molar-refractivity contribution in [3.63, 3.8) is 0 Å². The molecule has 2 N–H and O–H groups in total. The highest BCUT2D eigenvalue weighted by molar-refractivity contribution is 5.73. The van der Waals surface area contributed by atoms with Gasteiger partial charge in [-0.25, -0.2) is 0 Å². The molecule has 0 heterocycles. The summed E-state index contributed by atoms with van der Waals surface area (Å²) in [7, 11) is 3.26. The quantitative estimate of drug-likeness (QED) is 0.578. The molecule has 0 saturated heterocycles. The average molecular weight is 202 g/mol. The van der Waals surface area contributed by atoms with Gasteiger partial charge in [-0.1, -0.05) is 0 Å². The Hall–Kier alpha value is -1.10. The van der Waals surface area contributed by atoms with Crippen LogP contribution in [0.2, 0.25) is 0 Å². The molecule has 5 nitrogen and oxygen atoms in total. The maximum Gasteiger partial charge on any atom is 0.305 e. The van der Waals surface area contributed by atoms with Crippen molar-refractivity contribution in [3.8, 4) is 0 Å². The van der Waals surface area contributed by atoms with Crippen LogP contribution in [0.3, 0.4) is 0 Å². The van der Waals surface area contributed by atoms with Crippen molar-refractivity contribution in [2.75, 3.05) is 27.2 Å². The van der Waals surface area contributed by atoms with Crippen LogP contribution in [-0.4, -0.2) is 44.0 Å². The van der Waals surface area contributed by atoms with E-state index >= 15 is 0 Å². The number of nitrogens with two attached hydrogens (primary N) is 1. The van der Waals surface area contributed by atoms with Crippen LogP contribution >= 0.6 is 0 Å². The Kier molecular flexibility index (Phi) is 6.74. The van der Waals surface area contributed by atoms with Gasteiger partial charge in [-0.05, 0) is 20.0 Å². The second kappa shape index (κ2) is 7.32. The van der Waals surface area contributed by atoms with Crippen LogP contribution in [0, 0.1) is 0 Å². The summed E-state index contributed by atoms with van der Waals surface area (Å²) in [5.74, 6) is -0.502. The minimum absolute atomic E-state index is 0.201. The van der Waals surface area contributed by atoms with E-state index in [1.54, 1.807) is 0 Å². The number of carbonyl (C=O) groups excluding carboxylic acids is 2. The van der Waals surface area contributed by atoms with Gasteiger partial charge in [0, 0.05) is 19.4 Å². The molecule has 82 valence electrons. The molecule has 14 heavy (non-hydrogen) atoms. The molecule has 0 rings (SSSR count). The summed E-state index contributed by atoms with van der Waals surface area (Å²) in [6.07, 6.45) is 1.51. The monoisotopic (exact) mass is 202 g/mol. The van der Waals surface area contributed by atoms with Crippen molar-refractivity contribution in [2.45, 2.75) is 19.3 Å². The molecule has 0 aliphatic rings. The fourth-order valence-electron chi connectivity index (χ4n) is 1.01. The molecule has 0 aromatic carbocycles. The predicted molar refractivity (Wildman–Crippen MR) is 52.6 cm³/mol. The zero-order chi connectivity index (χ0) is 11.0. The molecular weight excluding hydrogens is 184 g/mol. The standard InChI is InChI=1S/C9H18N2O3/c1-11(7-5-8(10)12)6-3-4-9(13)14-2/h3-7H2,1-2H3,(H2,10,12). The third-order valence-corrected chi connectivity index (χ3v) is 1.89. The van der Waals surface area contributed by atoms with Gasteiger partial charge in [0.1, 0.15) is 0 Å². The minimum atomic E-state index is -0.301. The highest BCUT2D eigenvalue weighted by Gasteiger charge is 2.03. The molecule has 0 atom stereocenters. The number of ether oxygens (including phenoxy) is 1. The van der Waals surface area contributed by atoms with Crippen LogP contribution in [0.5, 0.6) is 0 Å². The molecule has 0 aliphatic heterocycles. The van der Waals surface area contributed by atoms with Crippen LogP contribution in [0.15, 0.2) is 0 Å². The summed E-state index contributed by atoms with van der Waals surface area (Å²) in [4.78, 5) is 23.2. The van der Waals surface area contributed by atoms with Gasteiger partial charge in [0.05, 0.1) is 7.11 Å². The van der Waals surface area contributed by atoms with Crippen LogP contribution in [-0.2, 0) is 14.3 Å². The van der Waals surface area contributed by atoms with Crippen molar-refractivity contribution >= 4 is 11.9 Å². The van der Waals surface area contributed by atoms with E-state index in [0.717, 1.165) is 13.0 Å². The normalized spacial score (nSPS) is 10.2. The number of primary amides is 1. The maximum absolute atomic E-state index is 10.7. The Morgan fingerprint density at radius 3 is 2.43 bits per heavy atom. The third kappa shape index (κ3) is 7.54. The van der Waals surface area contributed by atoms with Gasteiger partial charge in [-0.15, -0.1) is 0 Å². The Morgan fingerprint density at radius 1 is 1.29 bits per heavy atom. The molecule has 1 amide bonds. The molecule has 0 fully saturated rings. The topological polar surface area (TPSA) is 72.6 Å². The van der Waals surface area contributed by atoms with Crippen molar-refractivity contribution in [3.05, 3.63) is 0 Å². The molecular formula is C9H18N2O3. The lowest BCUT2D eigenvalue weighted by molar-refractivity contribution is -0.140. The van der Waals surface area contributed by atoms with Gasteiger partial charge in [-0.2, -0.15) is 0 Å². The first-order chi connectivity index (χ1) is 6.56. The smallest absolute Gasteiger partial charge is 0.305 e. The summed E-state index contributed by atoms with van der Waals surface area (Å²) in [5.41, 5.74) is 5.00. The average Bonchev–Trinajstić information content (AvgIpc) is 2.14. The number of nitrogens with zero attached hydrogens (tertiary/aromatic N) is 1. The second-order valence-corrected chi connectivity index (χ2v) is 3.20. The van der Waals surface area contributed by atoms with E-state index in [2.05, 4.69) is 4.74 Å². The van der Waals surface area contributed by atoms with E-state index < -0.39 is 0 Å². The molecule has 0 aliphatic carbocycles. The summed E-state index contributed by atoms with van der Waals surface area (Å²) in [5, 5.41) is 0. The predicted octanol–water partition coefficient (Wildman–Crippen LogP) is -0.253. The number of amides is 1. The summed E-state index contributed by atoms with van der Waals surface area (Å²) in [6.45, 7) is 1.40.